The topological polar surface area (TPSA) is 101 Å². The molecule has 0 heterocycles. The second-order valence-corrected chi connectivity index (χ2v) is 5.38. The molecule has 0 saturated heterocycles. The summed E-state index contributed by atoms with van der Waals surface area (Å²) in [4.78, 5) is 33.6. The van der Waals surface area contributed by atoms with Crippen molar-refractivity contribution in [2.75, 3.05) is 0 Å². The van der Waals surface area contributed by atoms with Crippen molar-refractivity contribution in [3.05, 3.63) is 71.0 Å². The van der Waals surface area contributed by atoms with Crippen LogP contribution in [0.5, 0.6) is 5.75 Å². The molecule has 0 amide bonds. The average Bonchev–Trinajstić information content (AvgIpc) is 2.54. The van der Waals surface area contributed by atoms with Gasteiger partial charge in [-0.1, -0.05) is 24.3 Å². The van der Waals surface area contributed by atoms with Gasteiger partial charge >= 0.3 is 17.9 Å². The summed E-state index contributed by atoms with van der Waals surface area (Å²) >= 11 is 0. The average molecular weight is 358 g/mol. The molecule has 2 aromatic rings. The van der Waals surface area contributed by atoms with Gasteiger partial charge in [0.25, 0.3) is 0 Å². The van der Waals surface area contributed by atoms with Crippen molar-refractivity contribution in [2.24, 2.45) is 0 Å². The van der Waals surface area contributed by atoms with Crippen LogP contribution in [0.2, 0.25) is 0 Å². The van der Waals surface area contributed by atoms with Gasteiger partial charge in [0.05, 0.1) is 12.8 Å². The van der Waals surface area contributed by atoms with E-state index in [0.29, 0.717) is 16.7 Å². The molecule has 26 heavy (non-hydrogen) atoms. The zero-order chi connectivity index (χ0) is 19.1. The molecule has 0 aliphatic rings. The third-order valence-electron chi connectivity index (χ3n) is 3.34. The highest BCUT2D eigenvalue weighted by molar-refractivity contribution is 5.88. The minimum Gasteiger partial charge on any atom is -0.481 e. The van der Waals surface area contributed by atoms with Gasteiger partial charge in [0.15, 0.2) is 0 Å². The van der Waals surface area contributed by atoms with Crippen LogP contribution in [-0.4, -0.2) is 28.1 Å². The van der Waals surface area contributed by atoms with E-state index in [1.807, 2.05) is 0 Å². The molecule has 134 valence electrons. The smallest absolute Gasteiger partial charge is 0.336 e. The summed E-state index contributed by atoms with van der Waals surface area (Å²) in [5, 5.41) is 17.8. The van der Waals surface area contributed by atoms with E-state index in [1.54, 1.807) is 6.07 Å². The molecule has 0 aromatic heterocycles. The molecular weight excluding hydrogens is 343 g/mol. The highest BCUT2D eigenvalue weighted by atomic mass is 19.1. The van der Waals surface area contributed by atoms with Gasteiger partial charge in [0, 0.05) is 12.1 Å². The maximum absolute atomic E-state index is 13.0. The predicted molar refractivity (Wildman–Crippen MR) is 90.2 cm³/mol. The lowest BCUT2D eigenvalue weighted by Gasteiger charge is -2.07. The minimum absolute atomic E-state index is 0.0584. The summed E-state index contributed by atoms with van der Waals surface area (Å²) in [6.07, 6.45) is 1.88. The maximum Gasteiger partial charge on any atom is 0.336 e. The molecule has 2 N–H and O–H groups in total. The molecule has 0 bridgehead atoms. The van der Waals surface area contributed by atoms with Gasteiger partial charge in [-0.05, 0) is 34.9 Å². The molecule has 0 aliphatic heterocycles. The summed E-state index contributed by atoms with van der Waals surface area (Å²) in [5.41, 5.74) is 1.24. The molecule has 0 aliphatic carbocycles. The van der Waals surface area contributed by atoms with Crippen LogP contribution in [0.25, 0.3) is 6.08 Å². The number of carboxylic acid groups (broad SMARTS) is 2. The van der Waals surface area contributed by atoms with Crippen molar-refractivity contribution in [2.45, 2.75) is 12.8 Å². The molecule has 7 heteroatoms. The molecule has 0 spiro atoms. The number of rotatable bonds is 7. The first kappa shape index (κ1) is 18.9. The fraction of sp³-hybridized carbons (Fsp3) is 0.105. The van der Waals surface area contributed by atoms with Crippen LogP contribution >= 0.6 is 0 Å². The van der Waals surface area contributed by atoms with Crippen LogP contribution in [0, 0.1) is 5.82 Å². The summed E-state index contributed by atoms with van der Waals surface area (Å²) in [6, 6.07) is 9.69. The zero-order valence-corrected chi connectivity index (χ0v) is 13.5. The van der Waals surface area contributed by atoms with E-state index >= 15 is 0 Å². The van der Waals surface area contributed by atoms with Gasteiger partial charge in [-0.15, -0.1) is 0 Å². The Morgan fingerprint density at radius 2 is 1.65 bits per heavy atom. The summed E-state index contributed by atoms with van der Waals surface area (Å²) in [5.74, 6) is -3.37. The Bertz CT molecular complexity index is 872. The first-order valence-electron chi connectivity index (χ1n) is 7.54. The van der Waals surface area contributed by atoms with Gasteiger partial charge in [-0.25, -0.2) is 9.18 Å². The standard InChI is InChI=1S/C19H15FO6/c20-15-2-1-3-16(11-15)26-19(25)7-5-12-4-6-13(9-17(21)22)14(8-12)10-18(23)24/h1-8,11H,9-10H2,(H,21,22)(H,23,24)/b7-5+. The van der Waals surface area contributed by atoms with Crippen LogP contribution in [-0.2, 0) is 27.2 Å². The van der Waals surface area contributed by atoms with Crippen LogP contribution in [0.4, 0.5) is 4.39 Å². The number of hydrogen-bond acceptors (Lipinski definition) is 4. The predicted octanol–water partition coefficient (Wildman–Crippen LogP) is 2.70. The number of aliphatic carboxylic acids is 2. The fourth-order valence-electron chi connectivity index (χ4n) is 2.26. The van der Waals surface area contributed by atoms with Gasteiger partial charge in [-0.2, -0.15) is 0 Å². The molecule has 0 unspecified atom stereocenters. The lowest BCUT2D eigenvalue weighted by molar-refractivity contribution is -0.137. The van der Waals surface area contributed by atoms with Crippen LogP contribution in [0.1, 0.15) is 16.7 Å². The number of carboxylic acids is 2. The number of carbonyl (C=O) groups is 3. The third-order valence-corrected chi connectivity index (χ3v) is 3.34. The fourth-order valence-corrected chi connectivity index (χ4v) is 2.26. The molecule has 6 nitrogen and oxygen atoms in total. The highest BCUT2D eigenvalue weighted by Gasteiger charge is 2.11. The van der Waals surface area contributed by atoms with Crippen molar-refractivity contribution < 1.29 is 33.7 Å². The normalized spacial score (nSPS) is 10.7. The number of halogens is 1. The molecule has 0 atom stereocenters. The number of carbonyl (C=O) groups excluding carboxylic acids is 1. The van der Waals surface area contributed by atoms with Crippen LogP contribution in [0.3, 0.4) is 0 Å². The van der Waals surface area contributed by atoms with Gasteiger partial charge < -0.3 is 14.9 Å². The summed E-state index contributed by atoms with van der Waals surface area (Å²) < 4.78 is 18.0. The number of esters is 1. The number of benzene rings is 2. The van der Waals surface area contributed by atoms with E-state index < -0.39 is 23.7 Å². The van der Waals surface area contributed by atoms with Crippen molar-refractivity contribution in [3.63, 3.8) is 0 Å². The second kappa shape index (κ2) is 8.57. The van der Waals surface area contributed by atoms with E-state index in [2.05, 4.69) is 0 Å². The number of hydrogen-bond donors (Lipinski definition) is 2. The van der Waals surface area contributed by atoms with E-state index in [4.69, 9.17) is 14.9 Å². The van der Waals surface area contributed by atoms with E-state index in [1.165, 1.54) is 36.4 Å². The molecule has 0 fully saturated rings. The first-order chi connectivity index (χ1) is 12.3. The SMILES string of the molecule is O=C(O)Cc1ccc(/C=C/C(=O)Oc2cccc(F)c2)cc1CC(=O)O. The summed E-state index contributed by atoms with van der Waals surface area (Å²) in [7, 11) is 0. The van der Waals surface area contributed by atoms with Crippen molar-refractivity contribution >= 4 is 24.0 Å². The van der Waals surface area contributed by atoms with Crippen molar-refractivity contribution in [1.29, 1.82) is 0 Å². The van der Waals surface area contributed by atoms with Crippen molar-refractivity contribution in [1.82, 2.24) is 0 Å². The third kappa shape index (κ3) is 5.86. The monoisotopic (exact) mass is 358 g/mol. The lowest BCUT2D eigenvalue weighted by Crippen LogP contribution is -2.08. The Balaban J connectivity index is 2.14. The maximum atomic E-state index is 13.0. The highest BCUT2D eigenvalue weighted by Crippen LogP contribution is 2.16. The van der Waals surface area contributed by atoms with Crippen LogP contribution in [0.15, 0.2) is 48.5 Å². The molecular formula is C19H15FO6. The minimum atomic E-state index is -1.09. The first-order valence-corrected chi connectivity index (χ1v) is 7.54. The van der Waals surface area contributed by atoms with Gasteiger partial charge in [-0.3, -0.25) is 9.59 Å². The summed E-state index contributed by atoms with van der Waals surface area (Å²) in [6.45, 7) is 0. The van der Waals surface area contributed by atoms with E-state index in [0.717, 1.165) is 12.1 Å². The Labute approximate surface area is 148 Å². The Morgan fingerprint density at radius 1 is 0.962 bits per heavy atom. The van der Waals surface area contributed by atoms with E-state index in [9.17, 15) is 18.8 Å². The largest absolute Gasteiger partial charge is 0.481 e. The lowest BCUT2D eigenvalue weighted by atomic mass is 9.99. The van der Waals surface area contributed by atoms with Crippen LogP contribution < -0.4 is 4.74 Å². The zero-order valence-electron chi connectivity index (χ0n) is 13.5. The molecule has 0 saturated carbocycles. The van der Waals surface area contributed by atoms with Gasteiger partial charge in [0.1, 0.15) is 11.6 Å². The Morgan fingerprint density at radius 3 is 2.31 bits per heavy atom. The quantitative estimate of drug-likeness (QED) is 0.448. The molecule has 2 rings (SSSR count). The Hall–Kier alpha value is -3.48. The van der Waals surface area contributed by atoms with Crippen molar-refractivity contribution in [3.8, 4) is 5.75 Å². The second-order valence-electron chi connectivity index (χ2n) is 5.38. The Kier molecular flexibility index (Phi) is 6.21. The molecule has 0 radical (unpaired) electrons. The van der Waals surface area contributed by atoms with E-state index in [-0.39, 0.29) is 18.6 Å². The molecule has 2 aromatic carbocycles. The number of ether oxygens (including phenoxy) is 1. The van der Waals surface area contributed by atoms with Gasteiger partial charge in [0.2, 0.25) is 0 Å².